The lowest BCUT2D eigenvalue weighted by Crippen LogP contribution is -1.36. The van der Waals surface area contributed by atoms with Crippen molar-refractivity contribution < 1.29 is 4.74 Å². The Kier molecular flexibility index (Phi) is 4.74. The van der Waals surface area contributed by atoms with E-state index in [4.69, 9.17) is 0 Å². The predicted molar refractivity (Wildman–Crippen MR) is 30.7 cm³/mol. The first kappa shape index (κ1) is 6.28. The lowest BCUT2D eigenvalue weighted by Gasteiger charge is -1.57. The molecule has 0 amide bonds. The third kappa shape index (κ3) is 34.7. The smallest absolute Gasteiger partial charge is 0.125 e. The summed E-state index contributed by atoms with van der Waals surface area (Å²) in [5, 5.41) is 0. The van der Waals surface area contributed by atoms with Gasteiger partial charge in [0.05, 0.1) is 0 Å². The van der Waals surface area contributed by atoms with Crippen molar-refractivity contribution in [1.82, 2.24) is 0 Å². The van der Waals surface area contributed by atoms with Crippen LogP contribution in [-0.4, -0.2) is 0 Å². The Morgan fingerprint density at radius 1 is 1.71 bits per heavy atom. The molecule has 1 heterocycles. The molecule has 1 aliphatic rings. The molecule has 0 unspecified atom stereocenters. The van der Waals surface area contributed by atoms with Crippen LogP contribution in [0.2, 0.25) is 0 Å². The van der Waals surface area contributed by atoms with Crippen molar-refractivity contribution in [3.8, 4) is 0 Å². The van der Waals surface area contributed by atoms with Crippen LogP contribution < -0.4 is 0 Å². The van der Waals surface area contributed by atoms with Crippen LogP contribution in [0.1, 0.15) is 13.3 Å². The second-order valence-corrected chi connectivity index (χ2v) is 1.11. The summed E-state index contributed by atoms with van der Waals surface area (Å²) in [7, 11) is 0. The normalized spacial score (nSPS) is 10.4. The van der Waals surface area contributed by atoms with Crippen LogP contribution in [-0.2, 0) is 4.74 Å². The number of allylic oxidation sites excluding steroid dienone is 1. The van der Waals surface area contributed by atoms with Crippen molar-refractivity contribution in [2.75, 3.05) is 0 Å². The van der Waals surface area contributed by atoms with E-state index in [1.54, 1.807) is 12.5 Å². The summed E-state index contributed by atoms with van der Waals surface area (Å²) in [6.45, 7) is 5.54. The summed E-state index contributed by atoms with van der Waals surface area (Å²) in [4.78, 5) is 0. The van der Waals surface area contributed by atoms with E-state index < -0.39 is 0 Å². The van der Waals surface area contributed by atoms with Crippen molar-refractivity contribution >= 4 is 0 Å². The fourth-order valence-corrected chi connectivity index (χ4v) is 0. The number of hydrogen-bond donors (Lipinski definition) is 0. The van der Waals surface area contributed by atoms with Gasteiger partial charge in [0.25, 0.3) is 0 Å². The molecule has 0 aromatic rings. The van der Waals surface area contributed by atoms with Gasteiger partial charge in [-0.15, -0.1) is 6.58 Å². The minimum atomic E-state index is 1.08. The molecule has 7 heavy (non-hydrogen) atoms. The van der Waals surface area contributed by atoms with Gasteiger partial charge in [-0.3, -0.25) is 0 Å². The van der Waals surface area contributed by atoms with Gasteiger partial charge in [-0.2, -0.15) is 0 Å². The van der Waals surface area contributed by atoms with E-state index in [9.17, 15) is 0 Å². The Bertz CT molecular complexity index is 60.6. The zero-order valence-electron chi connectivity index (χ0n) is 4.55. The first-order valence-electron chi connectivity index (χ1n) is 2.33. The standard InChI is InChI=1S/C4H8.C2H2O/c1-3-4-2;1-2-3-1/h3H,1,4H2,2H3;1-2H. The van der Waals surface area contributed by atoms with Gasteiger partial charge in [-0.05, 0) is 6.42 Å². The lowest BCUT2D eigenvalue weighted by atomic mass is 10.5. The maximum atomic E-state index is 4.25. The second-order valence-electron chi connectivity index (χ2n) is 1.11. The molecule has 0 aliphatic carbocycles. The summed E-state index contributed by atoms with van der Waals surface area (Å²) in [6.07, 6.45) is 6.21. The molecule has 1 nitrogen and oxygen atoms in total. The highest BCUT2D eigenvalue weighted by molar-refractivity contribution is 4.76. The monoisotopic (exact) mass is 98.1 g/mol. The summed E-state index contributed by atoms with van der Waals surface area (Å²) in [6, 6.07) is 0. The van der Waals surface area contributed by atoms with Crippen LogP contribution in [0, 0.1) is 0 Å². The van der Waals surface area contributed by atoms with Crippen molar-refractivity contribution in [1.29, 1.82) is 0 Å². The van der Waals surface area contributed by atoms with Crippen LogP contribution in [0.15, 0.2) is 25.2 Å². The molecular formula is C6H10O. The van der Waals surface area contributed by atoms with Crippen LogP contribution in [0.5, 0.6) is 0 Å². The molecule has 0 aromatic carbocycles. The highest BCUT2D eigenvalue weighted by Gasteiger charge is 1.74. The van der Waals surface area contributed by atoms with Crippen LogP contribution in [0.25, 0.3) is 0 Å². The second kappa shape index (κ2) is 5.28. The molecule has 0 N–H and O–H groups in total. The zero-order chi connectivity index (χ0) is 5.54. The molecule has 0 saturated carbocycles. The van der Waals surface area contributed by atoms with E-state index in [-0.39, 0.29) is 0 Å². The molecule has 1 aliphatic heterocycles. The molecule has 0 fully saturated rings. The predicted octanol–water partition coefficient (Wildman–Crippen LogP) is 2.07. The summed E-state index contributed by atoms with van der Waals surface area (Å²) in [5.41, 5.74) is 0. The fraction of sp³-hybridized carbons (Fsp3) is 0.333. The van der Waals surface area contributed by atoms with Gasteiger partial charge in [0.2, 0.25) is 0 Å². The van der Waals surface area contributed by atoms with Crippen LogP contribution in [0.3, 0.4) is 0 Å². The first-order valence-corrected chi connectivity index (χ1v) is 2.33. The molecule has 0 bridgehead atoms. The van der Waals surface area contributed by atoms with Crippen molar-refractivity contribution in [3.63, 3.8) is 0 Å². The highest BCUT2D eigenvalue weighted by atomic mass is 16.5. The molecule has 1 rings (SSSR count). The molecule has 0 atom stereocenters. The van der Waals surface area contributed by atoms with E-state index in [1.807, 2.05) is 6.08 Å². The summed E-state index contributed by atoms with van der Waals surface area (Å²) < 4.78 is 4.25. The number of rotatable bonds is 1. The third-order valence-electron chi connectivity index (χ3n) is 0.425. The van der Waals surface area contributed by atoms with Gasteiger partial charge in [-0.1, -0.05) is 13.0 Å². The summed E-state index contributed by atoms with van der Waals surface area (Å²) >= 11 is 0. The van der Waals surface area contributed by atoms with Crippen molar-refractivity contribution in [2.45, 2.75) is 13.3 Å². The van der Waals surface area contributed by atoms with E-state index >= 15 is 0 Å². The maximum Gasteiger partial charge on any atom is 0.125 e. The quantitative estimate of drug-likeness (QED) is 0.457. The third-order valence-corrected chi connectivity index (χ3v) is 0.425. The van der Waals surface area contributed by atoms with E-state index in [0.717, 1.165) is 6.42 Å². The van der Waals surface area contributed by atoms with Crippen molar-refractivity contribution in [2.24, 2.45) is 0 Å². The molecule has 0 saturated heterocycles. The summed E-state index contributed by atoms with van der Waals surface area (Å²) in [5.74, 6) is 0. The zero-order valence-corrected chi connectivity index (χ0v) is 4.55. The average Bonchev–Trinajstić information content (AvgIpc) is 2.47. The Balaban J connectivity index is 0.000000105. The number of ether oxygens (including phenoxy) is 1. The lowest BCUT2D eigenvalue weighted by molar-refractivity contribution is 0.541. The number of hydrogen-bond acceptors (Lipinski definition) is 1. The average molecular weight is 98.1 g/mol. The molecule has 0 radical (unpaired) electrons. The molecular weight excluding hydrogens is 88.1 g/mol. The van der Waals surface area contributed by atoms with Crippen LogP contribution >= 0.6 is 0 Å². The van der Waals surface area contributed by atoms with Crippen LogP contribution in [0.4, 0.5) is 0 Å². The Hall–Kier alpha value is -0.720. The van der Waals surface area contributed by atoms with E-state index in [2.05, 4.69) is 18.2 Å². The van der Waals surface area contributed by atoms with Gasteiger partial charge < -0.3 is 4.74 Å². The fourth-order valence-electron chi connectivity index (χ4n) is 0. The SMILES string of the molecule is C1=CO1.C=CCC. The van der Waals surface area contributed by atoms with Gasteiger partial charge in [0, 0.05) is 0 Å². The largest absolute Gasteiger partial charge is 0.466 e. The maximum absolute atomic E-state index is 4.25. The van der Waals surface area contributed by atoms with Gasteiger partial charge >= 0.3 is 0 Å². The van der Waals surface area contributed by atoms with E-state index in [0.29, 0.717) is 0 Å². The van der Waals surface area contributed by atoms with E-state index in [1.165, 1.54) is 0 Å². The Morgan fingerprint density at radius 2 is 2.00 bits per heavy atom. The van der Waals surface area contributed by atoms with Gasteiger partial charge in [-0.25, -0.2) is 0 Å². The van der Waals surface area contributed by atoms with Gasteiger partial charge in [0.15, 0.2) is 0 Å². The first-order chi connectivity index (χ1) is 3.41. The minimum Gasteiger partial charge on any atom is -0.466 e. The van der Waals surface area contributed by atoms with Crippen molar-refractivity contribution in [3.05, 3.63) is 25.2 Å². The Morgan fingerprint density at radius 3 is 2.00 bits per heavy atom. The molecule has 40 valence electrons. The topological polar surface area (TPSA) is 12.5 Å². The minimum absolute atomic E-state index is 1.08. The highest BCUT2D eigenvalue weighted by Crippen LogP contribution is 1.89. The Labute approximate surface area is 44.3 Å². The molecule has 0 spiro atoms. The molecule has 1 heteroatoms. The van der Waals surface area contributed by atoms with Gasteiger partial charge in [0.1, 0.15) is 12.5 Å². The molecule has 0 aromatic heterocycles.